The van der Waals surface area contributed by atoms with Crippen LogP contribution >= 0.6 is 0 Å². The lowest BCUT2D eigenvalue weighted by molar-refractivity contribution is 1.14. The lowest BCUT2D eigenvalue weighted by Crippen LogP contribution is -1.99. The first-order valence-corrected chi connectivity index (χ1v) is 15.0. The highest BCUT2D eigenvalue weighted by molar-refractivity contribution is 6.14. The summed E-state index contributed by atoms with van der Waals surface area (Å²) in [7, 11) is 0. The molecule has 44 heavy (non-hydrogen) atoms. The topological polar surface area (TPSA) is 22.8 Å². The molecule has 0 aliphatic heterocycles. The Kier molecular flexibility index (Phi) is 5.50. The van der Waals surface area contributed by atoms with E-state index in [2.05, 4.69) is 173 Å². The molecule has 0 spiro atoms. The summed E-state index contributed by atoms with van der Waals surface area (Å²) in [6.45, 7) is 0. The fraction of sp³-hybridized carbons (Fsp3) is 0. The van der Waals surface area contributed by atoms with Crippen LogP contribution in [0.3, 0.4) is 0 Å². The molecule has 9 rings (SSSR count). The van der Waals surface area contributed by atoms with E-state index in [1.54, 1.807) is 0 Å². The van der Waals surface area contributed by atoms with E-state index in [-0.39, 0.29) is 0 Å². The van der Waals surface area contributed by atoms with Crippen LogP contribution in [0.5, 0.6) is 0 Å². The average molecular weight is 562 g/mol. The van der Waals surface area contributed by atoms with Gasteiger partial charge in [0.2, 0.25) is 0 Å². The van der Waals surface area contributed by atoms with Crippen LogP contribution in [0.15, 0.2) is 164 Å². The van der Waals surface area contributed by atoms with Crippen molar-refractivity contribution < 1.29 is 0 Å². The van der Waals surface area contributed by atoms with Crippen molar-refractivity contribution >= 4 is 43.6 Å². The van der Waals surface area contributed by atoms with Crippen LogP contribution in [0.1, 0.15) is 0 Å². The van der Waals surface area contributed by atoms with E-state index < -0.39 is 0 Å². The van der Waals surface area contributed by atoms with Gasteiger partial charge in [0.1, 0.15) is 0 Å². The summed E-state index contributed by atoms with van der Waals surface area (Å²) in [6, 6.07) is 58.2. The number of hydrogen-bond acceptors (Lipinski definition) is 1. The largest absolute Gasteiger partial charge is 0.309 e. The lowest BCUT2D eigenvalue weighted by Gasteiger charge is -2.14. The maximum Gasteiger partial charge on any atom is 0.0956 e. The van der Waals surface area contributed by atoms with Gasteiger partial charge in [-0.3, -0.25) is 0 Å². The Hall–Kier alpha value is -5.93. The smallest absolute Gasteiger partial charge is 0.0956 e. The molecule has 3 heterocycles. The van der Waals surface area contributed by atoms with Crippen molar-refractivity contribution in [2.24, 2.45) is 0 Å². The predicted molar refractivity (Wildman–Crippen MR) is 184 cm³/mol. The number of para-hydroxylation sites is 3. The summed E-state index contributed by atoms with van der Waals surface area (Å²) in [6.07, 6.45) is 0. The first-order chi connectivity index (χ1) is 21.8. The molecule has 0 aliphatic carbocycles. The van der Waals surface area contributed by atoms with Gasteiger partial charge in [-0.25, -0.2) is 4.98 Å². The molecular weight excluding hydrogens is 534 g/mol. The number of rotatable bonds is 4. The first-order valence-electron chi connectivity index (χ1n) is 15.0. The third-order valence-corrected chi connectivity index (χ3v) is 8.71. The van der Waals surface area contributed by atoms with Crippen molar-refractivity contribution in [1.29, 1.82) is 0 Å². The van der Waals surface area contributed by atoms with Gasteiger partial charge < -0.3 is 9.13 Å². The molecule has 0 N–H and O–H groups in total. The van der Waals surface area contributed by atoms with E-state index in [1.807, 2.05) is 0 Å². The fourth-order valence-corrected chi connectivity index (χ4v) is 6.76. The molecule has 9 aromatic rings. The molecule has 0 radical (unpaired) electrons. The normalized spacial score (nSPS) is 11.6. The molecular formula is C41H27N3. The minimum absolute atomic E-state index is 0.974. The van der Waals surface area contributed by atoms with Gasteiger partial charge in [-0.1, -0.05) is 115 Å². The van der Waals surface area contributed by atoms with Crippen LogP contribution in [-0.2, 0) is 0 Å². The molecule has 3 aromatic heterocycles. The maximum atomic E-state index is 5.32. The SMILES string of the molecule is c1ccc(-c2cc3c4ccccc4n(-c4ccc(-n5c6ccccc6c6ccccc65)cc4)c3c(-c3ccccc3)n2)cc1. The lowest BCUT2D eigenvalue weighted by atomic mass is 10.0. The average Bonchev–Trinajstić information content (AvgIpc) is 3.62. The number of benzene rings is 6. The summed E-state index contributed by atoms with van der Waals surface area (Å²) < 4.78 is 4.74. The minimum Gasteiger partial charge on any atom is -0.309 e. The maximum absolute atomic E-state index is 5.32. The van der Waals surface area contributed by atoms with Gasteiger partial charge in [-0.2, -0.15) is 0 Å². The van der Waals surface area contributed by atoms with Gasteiger partial charge in [-0.15, -0.1) is 0 Å². The number of aromatic nitrogens is 3. The zero-order chi connectivity index (χ0) is 29.0. The van der Waals surface area contributed by atoms with Crippen molar-refractivity contribution in [3.8, 4) is 33.9 Å². The molecule has 206 valence electrons. The van der Waals surface area contributed by atoms with E-state index >= 15 is 0 Å². The Morgan fingerprint density at radius 2 is 0.795 bits per heavy atom. The Labute approximate surface area is 254 Å². The van der Waals surface area contributed by atoms with Crippen LogP contribution in [0, 0.1) is 0 Å². The van der Waals surface area contributed by atoms with Gasteiger partial charge >= 0.3 is 0 Å². The van der Waals surface area contributed by atoms with Crippen molar-refractivity contribution in [2.75, 3.05) is 0 Å². The van der Waals surface area contributed by atoms with Gasteiger partial charge in [0.15, 0.2) is 0 Å². The Morgan fingerprint density at radius 1 is 0.364 bits per heavy atom. The molecule has 6 aromatic carbocycles. The monoisotopic (exact) mass is 561 g/mol. The number of nitrogens with zero attached hydrogens (tertiary/aromatic N) is 3. The summed E-state index contributed by atoms with van der Waals surface area (Å²) in [5, 5.41) is 4.94. The third-order valence-electron chi connectivity index (χ3n) is 8.71. The van der Waals surface area contributed by atoms with Crippen molar-refractivity contribution in [3.05, 3.63) is 164 Å². The van der Waals surface area contributed by atoms with Crippen molar-refractivity contribution in [1.82, 2.24) is 14.1 Å². The second-order valence-electron chi connectivity index (χ2n) is 11.2. The predicted octanol–water partition coefficient (Wildman–Crippen LogP) is 10.6. The Balaban J connectivity index is 1.31. The second kappa shape index (κ2) is 9.82. The van der Waals surface area contributed by atoms with Crippen LogP contribution in [-0.4, -0.2) is 14.1 Å². The van der Waals surface area contributed by atoms with Crippen LogP contribution in [0.4, 0.5) is 0 Å². The Morgan fingerprint density at radius 3 is 1.36 bits per heavy atom. The standard InChI is InChI=1S/C41H27N3/c1-3-13-28(14-4-1)36-27-35-34-19-9-12-22-39(34)44(41(35)40(42-36)29-15-5-2-6-16-29)31-25-23-30(24-26-31)43-37-20-10-7-17-32(37)33-18-8-11-21-38(33)43/h1-27H. The van der Waals surface area contributed by atoms with Crippen molar-refractivity contribution in [3.63, 3.8) is 0 Å². The third kappa shape index (κ3) is 3.73. The van der Waals surface area contributed by atoms with Gasteiger partial charge in [-0.05, 0) is 48.5 Å². The molecule has 3 nitrogen and oxygen atoms in total. The van der Waals surface area contributed by atoms with Crippen LogP contribution in [0.25, 0.3) is 77.5 Å². The van der Waals surface area contributed by atoms with Gasteiger partial charge in [0.25, 0.3) is 0 Å². The van der Waals surface area contributed by atoms with E-state index in [9.17, 15) is 0 Å². The van der Waals surface area contributed by atoms with Crippen LogP contribution < -0.4 is 0 Å². The molecule has 0 saturated carbocycles. The molecule has 0 aliphatic rings. The van der Waals surface area contributed by atoms with Gasteiger partial charge in [0.05, 0.1) is 33.5 Å². The summed E-state index contributed by atoms with van der Waals surface area (Å²) >= 11 is 0. The summed E-state index contributed by atoms with van der Waals surface area (Å²) in [5.41, 5.74) is 11.1. The number of pyridine rings is 1. The molecule has 0 amide bonds. The van der Waals surface area contributed by atoms with Crippen LogP contribution in [0.2, 0.25) is 0 Å². The quantitative estimate of drug-likeness (QED) is 0.210. The summed E-state index contributed by atoms with van der Waals surface area (Å²) in [5.74, 6) is 0. The number of fused-ring (bicyclic) bond motifs is 6. The second-order valence-corrected chi connectivity index (χ2v) is 11.2. The Bertz CT molecular complexity index is 2410. The van der Waals surface area contributed by atoms with E-state index in [0.29, 0.717) is 0 Å². The van der Waals surface area contributed by atoms with E-state index in [4.69, 9.17) is 4.98 Å². The number of hydrogen-bond donors (Lipinski definition) is 0. The molecule has 0 unspecified atom stereocenters. The molecule has 0 atom stereocenters. The molecule has 0 bridgehead atoms. The van der Waals surface area contributed by atoms with E-state index in [0.717, 1.165) is 44.9 Å². The zero-order valence-electron chi connectivity index (χ0n) is 23.9. The fourth-order valence-electron chi connectivity index (χ4n) is 6.76. The highest BCUT2D eigenvalue weighted by Crippen LogP contribution is 2.40. The zero-order valence-corrected chi connectivity index (χ0v) is 23.9. The first kappa shape index (κ1) is 24.6. The molecule has 3 heteroatoms. The summed E-state index contributed by atoms with van der Waals surface area (Å²) in [4.78, 5) is 5.32. The minimum atomic E-state index is 0.974. The molecule has 0 fully saturated rings. The highest BCUT2D eigenvalue weighted by Gasteiger charge is 2.20. The van der Waals surface area contributed by atoms with Crippen molar-refractivity contribution in [2.45, 2.75) is 0 Å². The molecule has 0 saturated heterocycles. The van der Waals surface area contributed by atoms with E-state index in [1.165, 1.54) is 32.6 Å². The highest BCUT2D eigenvalue weighted by atomic mass is 15.0. The van der Waals surface area contributed by atoms with Gasteiger partial charge in [0, 0.05) is 44.0 Å².